The van der Waals surface area contributed by atoms with E-state index in [0.717, 1.165) is 51.6 Å². The topological polar surface area (TPSA) is 76.4 Å². The van der Waals surface area contributed by atoms with Crippen molar-refractivity contribution >= 4 is 5.97 Å². The Kier molecular flexibility index (Phi) is 4.43. The molecule has 21 heavy (non-hydrogen) atoms. The second kappa shape index (κ2) is 6.47. The summed E-state index contributed by atoms with van der Waals surface area (Å²) in [5, 5.41) is 17.1. The number of carboxylic acid groups (broad SMARTS) is 1. The summed E-state index contributed by atoms with van der Waals surface area (Å²) in [5.41, 5.74) is 0.203. The molecule has 1 unspecified atom stereocenters. The fraction of sp³-hybridized carbons (Fsp3) is 0.733. The molecule has 1 aliphatic carbocycles. The highest BCUT2D eigenvalue weighted by atomic mass is 16.5. The van der Waals surface area contributed by atoms with Crippen LogP contribution >= 0.6 is 0 Å². The summed E-state index contributed by atoms with van der Waals surface area (Å²) in [7, 11) is 0. The van der Waals surface area contributed by atoms with Crippen molar-refractivity contribution in [2.45, 2.75) is 57.1 Å². The zero-order valence-corrected chi connectivity index (χ0v) is 12.3. The number of hydrogen-bond acceptors (Lipinski definition) is 4. The SMILES string of the molecule is O=C(O)c1c(OC2CCCCC2)cnn1C1CCCNC1. The molecule has 0 amide bonds. The molecule has 1 atom stereocenters. The largest absolute Gasteiger partial charge is 0.486 e. The predicted molar refractivity (Wildman–Crippen MR) is 77.8 cm³/mol. The minimum Gasteiger partial charge on any atom is -0.486 e. The third-order valence-corrected chi connectivity index (χ3v) is 4.43. The van der Waals surface area contributed by atoms with E-state index >= 15 is 0 Å². The number of piperidine rings is 1. The number of nitrogens with one attached hydrogen (secondary N) is 1. The molecule has 116 valence electrons. The summed E-state index contributed by atoms with van der Waals surface area (Å²) in [4.78, 5) is 11.6. The fourth-order valence-corrected chi connectivity index (χ4v) is 3.32. The zero-order valence-electron chi connectivity index (χ0n) is 12.3. The van der Waals surface area contributed by atoms with Crippen LogP contribution in [-0.2, 0) is 0 Å². The minimum absolute atomic E-state index is 0.105. The van der Waals surface area contributed by atoms with Crippen LogP contribution in [0.5, 0.6) is 5.75 Å². The Balaban J connectivity index is 1.79. The lowest BCUT2D eigenvalue weighted by Gasteiger charge is -2.25. The summed E-state index contributed by atoms with van der Waals surface area (Å²) >= 11 is 0. The highest BCUT2D eigenvalue weighted by molar-refractivity contribution is 5.88. The first-order valence-corrected chi connectivity index (χ1v) is 7.94. The summed E-state index contributed by atoms with van der Waals surface area (Å²) in [5.74, 6) is -0.524. The normalized spacial score (nSPS) is 23.9. The summed E-state index contributed by atoms with van der Waals surface area (Å²) < 4.78 is 7.57. The lowest BCUT2D eigenvalue weighted by molar-refractivity contribution is 0.0667. The van der Waals surface area contributed by atoms with Gasteiger partial charge < -0.3 is 15.2 Å². The molecule has 6 heteroatoms. The van der Waals surface area contributed by atoms with E-state index in [0.29, 0.717) is 5.75 Å². The van der Waals surface area contributed by atoms with Crippen LogP contribution in [0.1, 0.15) is 61.5 Å². The molecular weight excluding hydrogens is 270 g/mol. The van der Waals surface area contributed by atoms with Gasteiger partial charge in [-0.15, -0.1) is 0 Å². The van der Waals surface area contributed by atoms with Gasteiger partial charge >= 0.3 is 5.97 Å². The van der Waals surface area contributed by atoms with Crippen molar-refractivity contribution in [3.63, 3.8) is 0 Å². The quantitative estimate of drug-likeness (QED) is 0.890. The van der Waals surface area contributed by atoms with Crippen molar-refractivity contribution in [1.29, 1.82) is 0 Å². The van der Waals surface area contributed by atoms with Gasteiger partial charge in [-0.2, -0.15) is 5.10 Å². The molecule has 1 aliphatic heterocycles. The van der Waals surface area contributed by atoms with Gasteiger partial charge in [0.15, 0.2) is 11.4 Å². The Morgan fingerprint density at radius 3 is 2.76 bits per heavy atom. The molecule has 2 aliphatic rings. The second-order valence-electron chi connectivity index (χ2n) is 5.99. The van der Waals surface area contributed by atoms with E-state index in [-0.39, 0.29) is 17.8 Å². The molecule has 0 radical (unpaired) electrons. The third kappa shape index (κ3) is 3.20. The number of aromatic nitrogens is 2. The molecule has 2 N–H and O–H groups in total. The third-order valence-electron chi connectivity index (χ3n) is 4.43. The molecule has 1 aromatic rings. The van der Waals surface area contributed by atoms with Gasteiger partial charge in [0.25, 0.3) is 0 Å². The average Bonchev–Trinajstić information content (AvgIpc) is 2.93. The summed E-state index contributed by atoms with van der Waals surface area (Å²) in [6.07, 6.45) is 9.30. The molecule has 2 fully saturated rings. The van der Waals surface area contributed by atoms with Crippen molar-refractivity contribution in [3.8, 4) is 5.75 Å². The van der Waals surface area contributed by atoms with Gasteiger partial charge in [-0.05, 0) is 45.1 Å². The van der Waals surface area contributed by atoms with Crippen molar-refractivity contribution in [2.24, 2.45) is 0 Å². The first kappa shape index (κ1) is 14.4. The number of rotatable bonds is 4. The lowest BCUT2D eigenvalue weighted by atomic mass is 9.98. The van der Waals surface area contributed by atoms with Crippen LogP contribution < -0.4 is 10.1 Å². The molecular formula is C15H23N3O3. The van der Waals surface area contributed by atoms with Crippen LogP contribution in [0.25, 0.3) is 0 Å². The summed E-state index contributed by atoms with van der Waals surface area (Å²) in [6.45, 7) is 1.76. The Morgan fingerprint density at radius 2 is 2.10 bits per heavy atom. The van der Waals surface area contributed by atoms with Crippen LogP contribution in [0, 0.1) is 0 Å². The van der Waals surface area contributed by atoms with E-state index in [1.165, 1.54) is 6.42 Å². The van der Waals surface area contributed by atoms with E-state index in [9.17, 15) is 9.90 Å². The van der Waals surface area contributed by atoms with Crippen LogP contribution in [0.3, 0.4) is 0 Å². The zero-order chi connectivity index (χ0) is 14.7. The molecule has 1 saturated carbocycles. The Labute approximate surface area is 124 Å². The maximum Gasteiger partial charge on any atom is 0.358 e. The second-order valence-corrected chi connectivity index (χ2v) is 5.99. The molecule has 1 aromatic heterocycles. The maximum atomic E-state index is 11.6. The van der Waals surface area contributed by atoms with Gasteiger partial charge in [0, 0.05) is 6.54 Å². The smallest absolute Gasteiger partial charge is 0.358 e. The van der Waals surface area contributed by atoms with Crippen LogP contribution in [0.4, 0.5) is 0 Å². The van der Waals surface area contributed by atoms with E-state index in [2.05, 4.69) is 10.4 Å². The number of carboxylic acids is 1. The first-order valence-electron chi connectivity index (χ1n) is 7.94. The van der Waals surface area contributed by atoms with E-state index in [4.69, 9.17) is 4.74 Å². The average molecular weight is 293 g/mol. The van der Waals surface area contributed by atoms with Gasteiger partial charge in [-0.25, -0.2) is 4.79 Å². The number of nitrogens with zero attached hydrogens (tertiary/aromatic N) is 2. The van der Waals surface area contributed by atoms with Gasteiger partial charge in [-0.1, -0.05) is 6.42 Å². The van der Waals surface area contributed by atoms with Crippen molar-refractivity contribution in [2.75, 3.05) is 13.1 Å². The standard InChI is InChI=1S/C15H23N3O3/c19-15(20)14-13(21-12-6-2-1-3-7-12)10-17-18(14)11-5-4-8-16-9-11/h10-12,16H,1-9H2,(H,19,20). The Bertz CT molecular complexity index is 488. The van der Waals surface area contributed by atoms with Crippen LogP contribution in [-0.4, -0.2) is 40.0 Å². The Morgan fingerprint density at radius 1 is 1.29 bits per heavy atom. The minimum atomic E-state index is -0.955. The van der Waals surface area contributed by atoms with E-state index in [1.54, 1.807) is 10.9 Å². The first-order chi connectivity index (χ1) is 10.3. The molecule has 3 rings (SSSR count). The monoisotopic (exact) mass is 293 g/mol. The van der Waals surface area contributed by atoms with Crippen LogP contribution in [0.15, 0.2) is 6.20 Å². The maximum absolute atomic E-state index is 11.6. The van der Waals surface area contributed by atoms with Crippen molar-refractivity contribution in [1.82, 2.24) is 15.1 Å². The van der Waals surface area contributed by atoms with Crippen molar-refractivity contribution < 1.29 is 14.6 Å². The van der Waals surface area contributed by atoms with Gasteiger partial charge in [-0.3, -0.25) is 4.68 Å². The molecule has 0 spiro atoms. The van der Waals surface area contributed by atoms with E-state index in [1.807, 2.05) is 0 Å². The molecule has 0 aromatic carbocycles. The fourth-order valence-electron chi connectivity index (χ4n) is 3.32. The number of carbonyl (C=O) groups is 1. The number of hydrogen-bond donors (Lipinski definition) is 2. The predicted octanol–water partition coefficient (Wildman–Crippen LogP) is 2.22. The lowest BCUT2D eigenvalue weighted by Crippen LogP contribution is -2.33. The van der Waals surface area contributed by atoms with Gasteiger partial charge in [0.05, 0.1) is 18.3 Å². The number of aromatic carboxylic acids is 1. The van der Waals surface area contributed by atoms with Crippen LogP contribution in [0.2, 0.25) is 0 Å². The van der Waals surface area contributed by atoms with E-state index < -0.39 is 5.97 Å². The van der Waals surface area contributed by atoms with Gasteiger partial charge in [0.1, 0.15) is 0 Å². The molecule has 0 bridgehead atoms. The molecule has 6 nitrogen and oxygen atoms in total. The molecule has 1 saturated heterocycles. The van der Waals surface area contributed by atoms with Gasteiger partial charge in [0.2, 0.25) is 0 Å². The Hall–Kier alpha value is -1.56. The number of ether oxygens (including phenoxy) is 1. The highest BCUT2D eigenvalue weighted by Gasteiger charge is 2.27. The molecule has 2 heterocycles. The highest BCUT2D eigenvalue weighted by Crippen LogP contribution is 2.28. The summed E-state index contributed by atoms with van der Waals surface area (Å²) in [6, 6.07) is 0.105. The van der Waals surface area contributed by atoms with Crippen molar-refractivity contribution in [3.05, 3.63) is 11.9 Å².